The van der Waals surface area contributed by atoms with Crippen molar-refractivity contribution < 1.29 is 0 Å². The van der Waals surface area contributed by atoms with Crippen molar-refractivity contribution in [3.8, 4) is 0 Å². The topological polar surface area (TPSA) is 0 Å². The van der Waals surface area contributed by atoms with Gasteiger partial charge in [-0.25, -0.2) is 0 Å². The Morgan fingerprint density at radius 2 is 0.929 bits per heavy atom. The fraction of sp³-hybridized carbons (Fsp3) is 0.571. The molecule has 0 saturated heterocycles. The van der Waals surface area contributed by atoms with Gasteiger partial charge in [0, 0.05) is 0 Å². The SMILES string of the molecule is C.CCc1c(C)c(C)c(C)c(C)c1C. The van der Waals surface area contributed by atoms with E-state index in [4.69, 9.17) is 0 Å². The summed E-state index contributed by atoms with van der Waals surface area (Å²) in [5.74, 6) is 0. The minimum atomic E-state index is 0. The quantitative estimate of drug-likeness (QED) is 0.617. The second-order valence-corrected chi connectivity index (χ2v) is 3.96. The Kier molecular flexibility index (Phi) is 4.38. The zero-order valence-electron chi connectivity index (χ0n) is 9.71. The van der Waals surface area contributed by atoms with Crippen LogP contribution in [0.5, 0.6) is 0 Å². The van der Waals surface area contributed by atoms with Crippen molar-refractivity contribution in [3.63, 3.8) is 0 Å². The molecule has 14 heavy (non-hydrogen) atoms. The first kappa shape index (κ1) is 13.2. The zero-order chi connectivity index (χ0) is 10.2. The number of rotatable bonds is 1. The lowest BCUT2D eigenvalue weighted by Crippen LogP contribution is -2.01. The molecule has 0 spiro atoms. The maximum Gasteiger partial charge on any atom is -0.0302 e. The molecule has 80 valence electrons. The summed E-state index contributed by atoms with van der Waals surface area (Å²) in [6.45, 7) is 13.4. The van der Waals surface area contributed by atoms with Gasteiger partial charge in [-0.2, -0.15) is 0 Å². The van der Waals surface area contributed by atoms with Crippen molar-refractivity contribution >= 4 is 0 Å². The number of hydrogen-bond donors (Lipinski definition) is 0. The first-order valence-corrected chi connectivity index (χ1v) is 5.06. The molecule has 1 aromatic carbocycles. The van der Waals surface area contributed by atoms with Gasteiger partial charge in [-0.05, 0) is 74.4 Å². The fourth-order valence-corrected chi connectivity index (χ4v) is 2.11. The predicted molar refractivity (Wildman–Crippen MR) is 66.2 cm³/mol. The third-order valence-corrected chi connectivity index (χ3v) is 3.51. The van der Waals surface area contributed by atoms with Gasteiger partial charge in [-0.15, -0.1) is 0 Å². The van der Waals surface area contributed by atoms with Crippen LogP contribution in [0.4, 0.5) is 0 Å². The van der Waals surface area contributed by atoms with Crippen molar-refractivity contribution in [3.05, 3.63) is 33.4 Å². The van der Waals surface area contributed by atoms with Crippen LogP contribution in [-0.4, -0.2) is 0 Å². The van der Waals surface area contributed by atoms with Gasteiger partial charge in [0.2, 0.25) is 0 Å². The summed E-state index contributed by atoms with van der Waals surface area (Å²) in [7, 11) is 0. The second-order valence-electron chi connectivity index (χ2n) is 3.96. The molecule has 0 saturated carbocycles. The lowest BCUT2D eigenvalue weighted by Gasteiger charge is -2.17. The van der Waals surface area contributed by atoms with E-state index in [1.165, 1.54) is 27.8 Å². The average molecular weight is 192 g/mol. The summed E-state index contributed by atoms with van der Waals surface area (Å²) in [5.41, 5.74) is 8.93. The molecule has 0 atom stereocenters. The maximum atomic E-state index is 2.24. The van der Waals surface area contributed by atoms with E-state index in [0.717, 1.165) is 6.42 Å². The third kappa shape index (κ3) is 1.84. The molecule has 1 aromatic rings. The molecule has 0 aliphatic carbocycles. The highest BCUT2D eigenvalue weighted by molar-refractivity contribution is 5.49. The monoisotopic (exact) mass is 192 g/mol. The van der Waals surface area contributed by atoms with Crippen molar-refractivity contribution in [2.75, 3.05) is 0 Å². The molecule has 0 heterocycles. The molecule has 0 heteroatoms. The Balaban J connectivity index is 0.00000169. The standard InChI is InChI=1S/C13H20.CH4/c1-7-13-11(5)9(3)8(2)10(4)12(13)6;/h7H2,1-6H3;1H4. The van der Waals surface area contributed by atoms with Crippen molar-refractivity contribution in [1.82, 2.24) is 0 Å². The largest absolute Gasteiger partial charge is 0.0776 e. The van der Waals surface area contributed by atoms with Gasteiger partial charge in [-0.1, -0.05) is 14.4 Å². The first-order chi connectivity index (χ1) is 6.00. The highest BCUT2D eigenvalue weighted by atomic mass is 14.1. The molecular formula is C14H24. The van der Waals surface area contributed by atoms with Crippen molar-refractivity contribution in [1.29, 1.82) is 0 Å². The van der Waals surface area contributed by atoms with E-state index in [1.54, 1.807) is 5.56 Å². The summed E-state index contributed by atoms with van der Waals surface area (Å²) in [6, 6.07) is 0. The van der Waals surface area contributed by atoms with E-state index in [9.17, 15) is 0 Å². The minimum Gasteiger partial charge on any atom is -0.0776 e. The molecule has 0 N–H and O–H groups in total. The van der Waals surface area contributed by atoms with Gasteiger partial charge in [-0.3, -0.25) is 0 Å². The lowest BCUT2D eigenvalue weighted by atomic mass is 9.89. The second kappa shape index (κ2) is 4.63. The number of hydrogen-bond acceptors (Lipinski definition) is 0. The molecule has 0 aliphatic rings. The Labute approximate surface area is 89.4 Å². The lowest BCUT2D eigenvalue weighted by molar-refractivity contribution is 1.03. The van der Waals surface area contributed by atoms with Gasteiger partial charge in [0.15, 0.2) is 0 Å². The molecule has 0 aromatic heterocycles. The van der Waals surface area contributed by atoms with Crippen LogP contribution in [0, 0.1) is 34.6 Å². The Morgan fingerprint density at radius 3 is 1.21 bits per heavy atom. The van der Waals surface area contributed by atoms with E-state index < -0.39 is 0 Å². The van der Waals surface area contributed by atoms with E-state index in [-0.39, 0.29) is 7.43 Å². The van der Waals surface area contributed by atoms with Crippen LogP contribution < -0.4 is 0 Å². The molecular weight excluding hydrogens is 168 g/mol. The third-order valence-electron chi connectivity index (χ3n) is 3.51. The van der Waals surface area contributed by atoms with Crippen LogP contribution in [0.2, 0.25) is 0 Å². The molecule has 0 bridgehead atoms. The minimum absolute atomic E-state index is 0. The summed E-state index contributed by atoms with van der Waals surface area (Å²) in [4.78, 5) is 0. The van der Waals surface area contributed by atoms with E-state index in [0.29, 0.717) is 0 Å². The smallest absolute Gasteiger partial charge is 0.0302 e. The van der Waals surface area contributed by atoms with Crippen LogP contribution in [0.1, 0.15) is 47.7 Å². The van der Waals surface area contributed by atoms with Crippen LogP contribution in [-0.2, 0) is 6.42 Å². The van der Waals surface area contributed by atoms with Crippen LogP contribution >= 0.6 is 0 Å². The molecule has 0 amide bonds. The normalized spacial score (nSPS) is 9.86. The van der Waals surface area contributed by atoms with Gasteiger partial charge in [0.1, 0.15) is 0 Å². The molecule has 0 unspecified atom stereocenters. The van der Waals surface area contributed by atoms with Crippen LogP contribution in [0.15, 0.2) is 0 Å². The first-order valence-electron chi connectivity index (χ1n) is 5.06. The summed E-state index contributed by atoms with van der Waals surface area (Å²) in [6.07, 6.45) is 1.15. The zero-order valence-corrected chi connectivity index (χ0v) is 9.71. The predicted octanol–water partition coefficient (Wildman–Crippen LogP) is 4.43. The molecule has 0 aliphatic heterocycles. The maximum absolute atomic E-state index is 2.24. The van der Waals surface area contributed by atoms with E-state index in [1.807, 2.05) is 0 Å². The van der Waals surface area contributed by atoms with Crippen molar-refractivity contribution in [2.24, 2.45) is 0 Å². The Morgan fingerprint density at radius 1 is 0.643 bits per heavy atom. The molecule has 0 nitrogen and oxygen atoms in total. The Bertz CT molecular complexity index is 303. The van der Waals surface area contributed by atoms with Crippen LogP contribution in [0.3, 0.4) is 0 Å². The van der Waals surface area contributed by atoms with Gasteiger partial charge in [0.25, 0.3) is 0 Å². The fourth-order valence-electron chi connectivity index (χ4n) is 2.11. The highest BCUT2D eigenvalue weighted by Crippen LogP contribution is 2.25. The van der Waals surface area contributed by atoms with E-state index >= 15 is 0 Å². The Hall–Kier alpha value is -0.780. The van der Waals surface area contributed by atoms with Gasteiger partial charge in [0.05, 0.1) is 0 Å². The van der Waals surface area contributed by atoms with E-state index in [2.05, 4.69) is 41.5 Å². The van der Waals surface area contributed by atoms with Gasteiger partial charge >= 0.3 is 0 Å². The summed E-state index contributed by atoms with van der Waals surface area (Å²) >= 11 is 0. The summed E-state index contributed by atoms with van der Waals surface area (Å²) in [5, 5.41) is 0. The van der Waals surface area contributed by atoms with Gasteiger partial charge < -0.3 is 0 Å². The average Bonchev–Trinajstić information content (AvgIpc) is 2.13. The molecule has 0 fully saturated rings. The van der Waals surface area contributed by atoms with Crippen molar-refractivity contribution in [2.45, 2.75) is 55.4 Å². The molecule has 1 rings (SSSR count). The highest BCUT2D eigenvalue weighted by Gasteiger charge is 2.09. The number of benzene rings is 1. The van der Waals surface area contributed by atoms with Crippen LogP contribution in [0.25, 0.3) is 0 Å². The summed E-state index contributed by atoms with van der Waals surface area (Å²) < 4.78 is 0. The molecule has 0 radical (unpaired) electrons.